The van der Waals surface area contributed by atoms with Gasteiger partial charge in [-0.25, -0.2) is 4.79 Å². The van der Waals surface area contributed by atoms with Gasteiger partial charge in [-0.1, -0.05) is 6.92 Å². The van der Waals surface area contributed by atoms with E-state index in [2.05, 4.69) is 10.4 Å². The van der Waals surface area contributed by atoms with Crippen LogP contribution in [0.3, 0.4) is 0 Å². The number of rotatable bonds is 4. The van der Waals surface area contributed by atoms with Gasteiger partial charge < -0.3 is 10.4 Å². The third-order valence-electron chi connectivity index (χ3n) is 3.20. The third-order valence-corrected chi connectivity index (χ3v) is 3.20. The maximum absolute atomic E-state index is 12.3. The van der Waals surface area contributed by atoms with Gasteiger partial charge in [0.15, 0.2) is 0 Å². The van der Waals surface area contributed by atoms with Crippen LogP contribution in [0.15, 0.2) is 24.4 Å². The molecule has 6 heteroatoms. The minimum Gasteiger partial charge on any atom is -0.478 e. The zero-order valence-electron chi connectivity index (χ0n) is 12.2. The zero-order chi connectivity index (χ0) is 15.6. The number of aromatic carboxylic acids is 1. The van der Waals surface area contributed by atoms with Crippen molar-refractivity contribution in [2.75, 3.05) is 5.32 Å². The van der Waals surface area contributed by atoms with E-state index in [0.717, 1.165) is 5.69 Å². The predicted octanol–water partition coefficient (Wildman–Crippen LogP) is 2.24. The Labute approximate surface area is 122 Å². The molecule has 0 radical (unpaired) electrons. The van der Waals surface area contributed by atoms with E-state index in [4.69, 9.17) is 5.11 Å². The second-order valence-electron chi connectivity index (χ2n) is 4.81. The molecule has 0 aliphatic rings. The quantitative estimate of drug-likeness (QED) is 0.903. The largest absolute Gasteiger partial charge is 0.478 e. The lowest BCUT2D eigenvalue weighted by Crippen LogP contribution is -2.13. The molecule has 0 spiro atoms. The molecular formula is C15H17N3O3. The topological polar surface area (TPSA) is 84.2 Å². The first-order chi connectivity index (χ1) is 9.92. The fraction of sp³-hybridized carbons (Fsp3) is 0.267. The van der Waals surface area contributed by atoms with Crippen molar-refractivity contribution in [1.29, 1.82) is 0 Å². The van der Waals surface area contributed by atoms with Gasteiger partial charge in [-0.3, -0.25) is 9.48 Å². The van der Waals surface area contributed by atoms with E-state index in [1.54, 1.807) is 37.0 Å². The molecule has 0 saturated heterocycles. The van der Waals surface area contributed by atoms with E-state index in [0.29, 0.717) is 23.2 Å². The molecule has 1 heterocycles. The van der Waals surface area contributed by atoms with Crippen LogP contribution in [0.5, 0.6) is 0 Å². The van der Waals surface area contributed by atoms with Crippen molar-refractivity contribution in [3.8, 4) is 0 Å². The van der Waals surface area contributed by atoms with E-state index in [1.165, 1.54) is 6.07 Å². The monoisotopic (exact) mass is 287 g/mol. The molecule has 1 aromatic heterocycles. The summed E-state index contributed by atoms with van der Waals surface area (Å²) in [7, 11) is 1.77. The summed E-state index contributed by atoms with van der Waals surface area (Å²) in [4.78, 5) is 23.2. The molecule has 21 heavy (non-hydrogen) atoms. The number of aromatic nitrogens is 2. The highest BCUT2D eigenvalue weighted by Crippen LogP contribution is 2.17. The number of anilines is 1. The van der Waals surface area contributed by atoms with Crippen molar-refractivity contribution in [3.05, 3.63) is 46.8 Å². The fourth-order valence-electron chi connectivity index (χ4n) is 2.17. The van der Waals surface area contributed by atoms with Gasteiger partial charge in [0.2, 0.25) is 0 Å². The summed E-state index contributed by atoms with van der Waals surface area (Å²) in [5.74, 6) is -1.23. The Bertz CT molecular complexity index is 704. The maximum atomic E-state index is 12.3. The first-order valence-corrected chi connectivity index (χ1v) is 6.60. The Morgan fingerprint density at radius 2 is 2.05 bits per heavy atom. The number of nitrogens with zero attached hydrogens (tertiary/aromatic N) is 2. The number of carboxylic acid groups (broad SMARTS) is 1. The van der Waals surface area contributed by atoms with Crippen LogP contribution in [0, 0.1) is 6.92 Å². The maximum Gasteiger partial charge on any atom is 0.335 e. The number of hydrogen-bond donors (Lipinski definition) is 2. The molecule has 6 nitrogen and oxygen atoms in total. The molecule has 2 rings (SSSR count). The van der Waals surface area contributed by atoms with Gasteiger partial charge in [-0.2, -0.15) is 5.10 Å². The standard InChI is InChI=1S/C15H17N3O3/c1-4-13-12(8-18(3)17-13)14(19)16-10-5-6-11(15(20)21)9(2)7-10/h5-8H,4H2,1-3H3,(H,16,19)(H,20,21). The molecule has 1 aromatic carbocycles. The number of amides is 1. The lowest BCUT2D eigenvalue weighted by Gasteiger charge is -2.07. The fourth-order valence-corrected chi connectivity index (χ4v) is 2.17. The van der Waals surface area contributed by atoms with Crippen LogP contribution in [-0.2, 0) is 13.5 Å². The average Bonchev–Trinajstić information content (AvgIpc) is 2.79. The van der Waals surface area contributed by atoms with Crippen LogP contribution < -0.4 is 5.32 Å². The molecule has 2 aromatic rings. The van der Waals surface area contributed by atoms with Crippen LogP contribution in [0.1, 0.15) is 38.9 Å². The van der Waals surface area contributed by atoms with E-state index in [9.17, 15) is 9.59 Å². The van der Waals surface area contributed by atoms with Gasteiger partial charge in [0.05, 0.1) is 16.8 Å². The number of benzene rings is 1. The van der Waals surface area contributed by atoms with Gasteiger partial charge in [0.25, 0.3) is 5.91 Å². The Balaban J connectivity index is 2.23. The summed E-state index contributed by atoms with van der Waals surface area (Å²) >= 11 is 0. The van der Waals surface area contributed by atoms with Crippen LogP contribution in [0.25, 0.3) is 0 Å². The molecule has 0 atom stereocenters. The second kappa shape index (κ2) is 5.78. The lowest BCUT2D eigenvalue weighted by molar-refractivity contribution is 0.0696. The highest BCUT2D eigenvalue weighted by Gasteiger charge is 2.15. The normalized spacial score (nSPS) is 10.4. The van der Waals surface area contributed by atoms with E-state index in [1.807, 2.05) is 6.92 Å². The third kappa shape index (κ3) is 3.10. The predicted molar refractivity (Wildman–Crippen MR) is 78.7 cm³/mol. The number of carboxylic acids is 1. The number of hydrogen-bond acceptors (Lipinski definition) is 3. The minimum atomic E-state index is -0.981. The van der Waals surface area contributed by atoms with Crippen LogP contribution in [-0.4, -0.2) is 26.8 Å². The SMILES string of the molecule is CCc1nn(C)cc1C(=O)Nc1ccc(C(=O)O)c(C)c1. The number of carbonyl (C=O) groups is 2. The summed E-state index contributed by atoms with van der Waals surface area (Å²) in [5.41, 5.74) is 2.65. The number of nitrogens with one attached hydrogen (secondary N) is 1. The van der Waals surface area contributed by atoms with Crippen molar-refractivity contribution < 1.29 is 14.7 Å². The van der Waals surface area contributed by atoms with E-state index < -0.39 is 5.97 Å². The first-order valence-electron chi connectivity index (χ1n) is 6.60. The number of aryl methyl sites for hydroxylation is 3. The van der Waals surface area contributed by atoms with Gasteiger partial charge in [-0.15, -0.1) is 0 Å². The van der Waals surface area contributed by atoms with E-state index >= 15 is 0 Å². The summed E-state index contributed by atoms with van der Waals surface area (Å²) in [6.07, 6.45) is 2.34. The molecule has 1 amide bonds. The van der Waals surface area contributed by atoms with Crippen molar-refractivity contribution >= 4 is 17.6 Å². The van der Waals surface area contributed by atoms with E-state index in [-0.39, 0.29) is 11.5 Å². The minimum absolute atomic E-state index is 0.226. The van der Waals surface area contributed by atoms with Crippen LogP contribution >= 0.6 is 0 Å². The Hall–Kier alpha value is -2.63. The second-order valence-corrected chi connectivity index (χ2v) is 4.81. The molecule has 0 unspecified atom stereocenters. The van der Waals surface area contributed by atoms with Crippen LogP contribution in [0.4, 0.5) is 5.69 Å². The van der Waals surface area contributed by atoms with Gasteiger partial charge >= 0.3 is 5.97 Å². The molecule has 0 fully saturated rings. The molecular weight excluding hydrogens is 270 g/mol. The highest BCUT2D eigenvalue weighted by atomic mass is 16.4. The highest BCUT2D eigenvalue weighted by molar-refractivity contribution is 6.05. The molecule has 0 saturated carbocycles. The Morgan fingerprint density at radius 3 is 2.62 bits per heavy atom. The van der Waals surface area contributed by atoms with Gasteiger partial charge in [-0.05, 0) is 37.1 Å². The summed E-state index contributed by atoms with van der Waals surface area (Å²) in [6, 6.07) is 4.71. The van der Waals surface area contributed by atoms with Gasteiger partial charge in [0, 0.05) is 18.9 Å². The van der Waals surface area contributed by atoms with Crippen molar-refractivity contribution in [2.45, 2.75) is 20.3 Å². The lowest BCUT2D eigenvalue weighted by atomic mass is 10.1. The molecule has 0 aliphatic heterocycles. The first kappa shape index (κ1) is 14.8. The van der Waals surface area contributed by atoms with Crippen molar-refractivity contribution in [3.63, 3.8) is 0 Å². The molecule has 110 valence electrons. The molecule has 2 N–H and O–H groups in total. The van der Waals surface area contributed by atoms with Crippen molar-refractivity contribution in [2.24, 2.45) is 7.05 Å². The molecule has 0 aliphatic carbocycles. The Kier molecular flexibility index (Phi) is 4.07. The zero-order valence-corrected chi connectivity index (χ0v) is 12.2. The summed E-state index contributed by atoms with van der Waals surface area (Å²) in [6.45, 7) is 3.63. The summed E-state index contributed by atoms with van der Waals surface area (Å²) < 4.78 is 1.60. The van der Waals surface area contributed by atoms with Crippen molar-refractivity contribution in [1.82, 2.24) is 9.78 Å². The summed E-state index contributed by atoms with van der Waals surface area (Å²) in [5, 5.41) is 16.0. The smallest absolute Gasteiger partial charge is 0.335 e. The van der Waals surface area contributed by atoms with Gasteiger partial charge in [0.1, 0.15) is 0 Å². The number of carbonyl (C=O) groups excluding carboxylic acids is 1. The average molecular weight is 287 g/mol. The molecule has 0 bridgehead atoms. The Morgan fingerprint density at radius 1 is 1.33 bits per heavy atom. The van der Waals surface area contributed by atoms with Crippen LogP contribution in [0.2, 0.25) is 0 Å².